The average molecular weight is 434 g/mol. The zero-order chi connectivity index (χ0) is 23.7. The van der Waals surface area contributed by atoms with Crippen molar-refractivity contribution in [1.29, 1.82) is 0 Å². The summed E-state index contributed by atoms with van der Waals surface area (Å²) in [6, 6.07) is 1.39. The number of aromatic nitrogens is 1. The first-order valence-corrected chi connectivity index (χ1v) is 10.4. The van der Waals surface area contributed by atoms with E-state index in [1.165, 1.54) is 6.07 Å². The number of nitrogens with zero attached hydrogens (tertiary/aromatic N) is 2. The molecule has 0 radical (unpaired) electrons. The van der Waals surface area contributed by atoms with Gasteiger partial charge < -0.3 is 26.7 Å². The van der Waals surface area contributed by atoms with Crippen LogP contribution >= 0.6 is 0 Å². The van der Waals surface area contributed by atoms with Crippen LogP contribution in [0.1, 0.15) is 63.5 Å². The Hall–Kier alpha value is -3.10. The van der Waals surface area contributed by atoms with Crippen LogP contribution < -0.4 is 22.6 Å². The molecule has 0 saturated carbocycles. The van der Waals surface area contributed by atoms with Gasteiger partial charge in [-0.3, -0.25) is 14.4 Å². The molecule has 0 bridgehead atoms. The van der Waals surface area contributed by atoms with Gasteiger partial charge in [-0.25, -0.2) is 4.39 Å². The van der Waals surface area contributed by atoms with Crippen LogP contribution in [-0.4, -0.2) is 34.4 Å². The van der Waals surface area contributed by atoms with Crippen LogP contribution in [0.15, 0.2) is 10.9 Å². The molecule has 0 unspecified atom stereocenters. The van der Waals surface area contributed by atoms with Crippen LogP contribution in [-0.2, 0) is 16.8 Å². The molecule has 1 aromatic heterocycles. The smallest absolute Gasteiger partial charge is 0.254 e. The molecule has 0 fully saturated rings. The fourth-order valence-corrected chi connectivity index (χ4v) is 4.14. The van der Waals surface area contributed by atoms with E-state index in [-0.39, 0.29) is 33.8 Å². The molecule has 2 aromatic rings. The van der Waals surface area contributed by atoms with Crippen molar-refractivity contribution >= 4 is 34.1 Å². The molecule has 0 saturated heterocycles. The number of primary amides is 1. The summed E-state index contributed by atoms with van der Waals surface area (Å²) in [6.07, 6.45) is 2.31. The molecular formula is C22H32FN5O3. The first-order valence-electron chi connectivity index (χ1n) is 10.4. The highest BCUT2D eigenvalue weighted by atomic mass is 19.1. The minimum atomic E-state index is -0.851. The largest absolute Gasteiger partial charge is 0.396 e. The zero-order valence-corrected chi connectivity index (χ0v) is 18.8. The number of rotatable bonds is 4. The standard InChI is InChI=1S/C15H17FN4O2.C7H15NO/c1-15(2)4-3-7-10(14(19)22)13(21)9-8(20(7)15)5-6(17)11(16)12(9)18;1-4-6-8(5-2)7(3)9/h5H,3-4,17-18H2,1-2H3,(H2,19,22);4-6H2,1-3H3. The van der Waals surface area contributed by atoms with Crippen LogP contribution in [0.3, 0.4) is 0 Å². The number of hydrogen-bond donors (Lipinski definition) is 3. The minimum absolute atomic E-state index is 0.0424. The molecule has 1 aliphatic rings. The highest BCUT2D eigenvalue weighted by Gasteiger charge is 2.35. The van der Waals surface area contributed by atoms with E-state index in [2.05, 4.69) is 6.92 Å². The van der Waals surface area contributed by atoms with E-state index >= 15 is 0 Å². The quantitative estimate of drug-likeness (QED) is 0.636. The topological polar surface area (TPSA) is 137 Å². The molecule has 8 nitrogen and oxygen atoms in total. The minimum Gasteiger partial charge on any atom is -0.396 e. The second-order valence-corrected chi connectivity index (χ2v) is 8.35. The normalized spacial score (nSPS) is 14.0. The molecule has 3 rings (SSSR count). The Kier molecular flexibility index (Phi) is 6.98. The lowest BCUT2D eigenvalue weighted by atomic mass is 10.0. The van der Waals surface area contributed by atoms with Gasteiger partial charge in [0.15, 0.2) is 5.82 Å². The lowest BCUT2D eigenvalue weighted by Crippen LogP contribution is -2.31. The van der Waals surface area contributed by atoms with Crippen molar-refractivity contribution in [3.8, 4) is 0 Å². The molecule has 6 N–H and O–H groups in total. The van der Waals surface area contributed by atoms with Crippen LogP contribution in [0, 0.1) is 5.82 Å². The first kappa shape index (κ1) is 24.2. The number of carbonyl (C=O) groups is 2. The highest BCUT2D eigenvalue weighted by Crippen LogP contribution is 2.38. The molecule has 1 aromatic carbocycles. The molecule has 170 valence electrons. The first-order chi connectivity index (χ1) is 14.4. The number of amides is 2. The van der Waals surface area contributed by atoms with Gasteiger partial charge in [-0.05, 0) is 46.1 Å². The number of anilines is 2. The number of benzene rings is 1. The number of carbonyl (C=O) groups excluding carboxylic acids is 2. The highest BCUT2D eigenvalue weighted by molar-refractivity contribution is 6.02. The molecule has 2 heterocycles. The van der Waals surface area contributed by atoms with Crippen molar-refractivity contribution < 1.29 is 14.0 Å². The van der Waals surface area contributed by atoms with Gasteiger partial charge in [-0.1, -0.05) is 6.92 Å². The predicted molar refractivity (Wildman–Crippen MR) is 121 cm³/mol. The third-order valence-electron chi connectivity index (χ3n) is 5.71. The van der Waals surface area contributed by atoms with Gasteiger partial charge in [0.1, 0.15) is 5.56 Å². The molecule has 2 amide bonds. The lowest BCUT2D eigenvalue weighted by Gasteiger charge is -2.26. The summed E-state index contributed by atoms with van der Waals surface area (Å²) in [4.78, 5) is 36.9. The molecule has 0 atom stereocenters. The van der Waals surface area contributed by atoms with Gasteiger partial charge >= 0.3 is 0 Å². The molecule has 9 heteroatoms. The Labute approximate surface area is 181 Å². The van der Waals surface area contributed by atoms with Crippen molar-refractivity contribution in [3.63, 3.8) is 0 Å². The van der Waals surface area contributed by atoms with Crippen molar-refractivity contribution in [2.24, 2.45) is 5.73 Å². The monoisotopic (exact) mass is 433 g/mol. The SMILES string of the molecule is CC1(C)CCc2c(C(N)=O)c(=O)c3c(N)c(F)c(N)cc3n21.CCCN(CC)C(C)=O. The van der Waals surface area contributed by atoms with Gasteiger partial charge in [0.2, 0.25) is 11.3 Å². The second-order valence-electron chi connectivity index (χ2n) is 8.35. The lowest BCUT2D eigenvalue weighted by molar-refractivity contribution is -0.128. The van der Waals surface area contributed by atoms with E-state index in [1.807, 2.05) is 30.2 Å². The Morgan fingerprint density at radius 1 is 1.26 bits per heavy atom. The Bertz CT molecular complexity index is 1090. The number of nitrogens with two attached hydrogens (primary N) is 3. The summed E-state index contributed by atoms with van der Waals surface area (Å²) in [7, 11) is 0. The zero-order valence-electron chi connectivity index (χ0n) is 18.8. The van der Waals surface area contributed by atoms with Gasteiger partial charge in [0, 0.05) is 31.2 Å². The third kappa shape index (κ3) is 4.35. The summed E-state index contributed by atoms with van der Waals surface area (Å²) in [5.41, 5.74) is 16.2. The Morgan fingerprint density at radius 3 is 2.32 bits per heavy atom. The summed E-state index contributed by atoms with van der Waals surface area (Å²) in [5, 5.41) is -0.0424. The van der Waals surface area contributed by atoms with Crippen molar-refractivity contribution in [1.82, 2.24) is 9.47 Å². The summed E-state index contributed by atoms with van der Waals surface area (Å²) in [6.45, 7) is 11.3. The molecule has 1 aliphatic heterocycles. The van der Waals surface area contributed by atoms with E-state index in [0.717, 1.165) is 25.9 Å². The van der Waals surface area contributed by atoms with Crippen LogP contribution in [0.4, 0.5) is 15.8 Å². The number of hydrogen-bond acceptors (Lipinski definition) is 5. The predicted octanol–water partition coefficient (Wildman–Crippen LogP) is 2.35. The summed E-state index contributed by atoms with van der Waals surface area (Å²) < 4.78 is 15.8. The second kappa shape index (κ2) is 8.95. The van der Waals surface area contributed by atoms with Gasteiger partial charge in [-0.2, -0.15) is 0 Å². The summed E-state index contributed by atoms with van der Waals surface area (Å²) in [5.74, 6) is -1.50. The fourth-order valence-electron chi connectivity index (χ4n) is 4.14. The van der Waals surface area contributed by atoms with Crippen LogP contribution in [0.2, 0.25) is 0 Å². The maximum Gasteiger partial charge on any atom is 0.254 e. The summed E-state index contributed by atoms with van der Waals surface area (Å²) >= 11 is 0. The van der Waals surface area contributed by atoms with Gasteiger partial charge in [0.25, 0.3) is 5.91 Å². The van der Waals surface area contributed by atoms with Gasteiger partial charge in [-0.15, -0.1) is 0 Å². The van der Waals surface area contributed by atoms with E-state index in [1.54, 1.807) is 6.92 Å². The van der Waals surface area contributed by atoms with E-state index in [0.29, 0.717) is 17.6 Å². The van der Waals surface area contributed by atoms with E-state index in [9.17, 15) is 18.8 Å². The van der Waals surface area contributed by atoms with E-state index in [4.69, 9.17) is 17.2 Å². The molecular weight excluding hydrogens is 401 g/mol. The molecule has 0 spiro atoms. The van der Waals surface area contributed by atoms with Crippen molar-refractivity contribution in [3.05, 3.63) is 33.4 Å². The number of halogens is 1. The van der Waals surface area contributed by atoms with Crippen molar-refractivity contribution in [2.45, 2.75) is 59.4 Å². The number of pyridine rings is 1. The maximum atomic E-state index is 14.0. The maximum absolute atomic E-state index is 14.0. The van der Waals surface area contributed by atoms with Crippen LogP contribution in [0.5, 0.6) is 0 Å². The fraction of sp³-hybridized carbons (Fsp3) is 0.500. The Balaban J connectivity index is 0.000000323. The van der Waals surface area contributed by atoms with Crippen LogP contribution in [0.25, 0.3) is 10.9 Å². The Morgan fingerprint density at radius 2 is 1.87 bits per heavy atom. The molecule has 0 aliphatic carbocycles. The third-order valence-corrected chi connectivity index (χ3v) is 5.71. The average Bonchev–Trinajstić information content (AvgIpc) is 2.99. The van der Waals surface area contributed by atoms with E-state index < -0.39 is 17.2 Å². The number of nitrogen functional groups attached to an aromatic ring is 2. The van der Waals surface area contributed by atoms with Gasteiger partial charge in [0.05, 0.1) is 22.3 Å². The van der Waals surface area contributed by atoms with Crippen molar-refractivity contribution in [2.75, 3.05) is 24.6 Å². The number of fused-ring (bicyclic) bond motifs is 3. The molecule has 31 heavy (non-hydrogen) atoms.